The van der Waals surface area contributed by atoms with Gasteiger partial charge in [-0.15, -0.1) is 11.3 Å². The number of anilines is 1. The molecule has 0 saturated heterocycles. The quantitative estimate of drug-likeness (QED) is 0.524. The number of halogens is 1. The summed E-state index contributed by atoms with van der Waals surface area (Å²) in [6.07, 6.45) is 0. The molecule has 0 aliphatic rings. The third-order valence-electron chi connectivity index (χ3n) is 3.89. The maximum atomic E-state index is 12.9. The Bertz CT molecular complexity index is 1040. The number of ether oxygens (including phenoxy) is 1. The van der Waals surface area contributed by atoms with Gasteiger partial charge in [0.05, 0.1) is 10.2 Å². The molecule has 134 valence electrons. The fraction of sp³-hybridized carbons (Fsp3) is 0.0476. The van der Waals surface area contributed by atoms with E-state index in [2.05, 4.69) is 10.3 Å². The van der Waals surface area contributed by atoms with Gasteiger partial charge < -0.3 is 10.1 Å². The SMILES string of the molecule is O=C(COc1ccc(F)cc1)Nc1ccc(-c2nc3ccccc3s2)cc1. The van der Waals surface area contributed by atoms with Crippen molar-refractivity contribution in [3.63, 3.8) is 0 Å². The number of hydrogen-bond acceptors (Lipinski definition) is 4. The van der Waals surface area contributed by atoms with Crippen LogP contribution in [0, 0.1) is 5.82 Å². The van der Waals surface area contributed by atoms with Crippen LogP contribution in [0.1, 0.15) is 0 Å². The van der Waals surface area contributed by atoms with Crippen LogP contribution in [0.2, 0.25) is 0 Å². The van der Waals surface area contributed by atoms with Crippen molar-refractivity contribution in [1.29, 1.82) is 0 Å². The Hall–Kier alpha value is -3.25. The molecule has 0 aliphatic carbocycles. The second-order valence-electron chi connectivity index (χ2n) is 5.85. The Morgan fingerprint density at radius 1 is 1.00 bits per heavy atom. The van der Waals surface area contributed by atoms with E-state index >= 15 is 0 Å². The Kier molecular flexibility index (Phi) is 4.80. The van der Waals surface area contributed by atoms with Crippen LogP contribution in [-0.2, 0) is 4.79 Å². The molecule has 0 aliphatic heterocycles. The van der Waals surface area contributed by atoms with Crippen molar-refractivity contribution >= 4 is 33.1 Å². The normalized spacial score (nSPS) is 10.7. The summed E-state index contributed by atoms with van der Waals surface area (Å²) >= 11 is 1.63. The molecule has 0 saturated carbocycles. The molecular formula is C21H15FN2O2S. The first-order valence-corrected chi connectivity index (χ1v) is 9.13. The van der Waals surface area contributed by atoms with Crippen LogP contribution in [0.5, 0.6) is 5.75 Å². The molecule has 1 N–H and O–H groups in total. The molecule has 1 heterocycles. The van der Waals surface area contributed by atoms with Gasteiger partial charge in [-0.1, -0.05) is 12.1 Å². The lowest BCUT2D eigenvalue weighted by Gasteiger charge is -2.08. The van der Waals surface area contributed by atoms with E-state index < -0.39 is 0 Å². The Balaban J connectivity index is 1.38. The van der Waals surface area contributed by atoms with Crippen molar-refractivity contribution in [3.8, 4) is 16.3 Å². The number of benzene rings is 3. The summed E-state index contributed by atoms with van der Waals surface area (Å²) in [5.41, 5.74) is 2.65. The van der Waals surface area contributed by atoms with Gasteiger partial charge in [0.2, 0.25) is 0 Å². The first kappa shape index (κ1) is 17.2. The van der Waals surface area contributed by atoms with Crippen LogP contribution >= 0.6 is 11.3 Å². The summed E-state index contributed by atoms with van der Waals surface area (Å²) in [6, 6.07) is 21.1. The lowest BCUT2D eigenvalue weighted by Crippen LogP contribution is -2.20. The smallest absolute Gasteiger partial charge is 0.262 e. The molecule has 0 bridgehead atoms. The number of hydrogen-bond donors (Lipinski definition) is 1. The average molecular weight is 378 g/mol. The highest BCUT2D eigenvalue weighted by Crippen LogP contribution is 2.30. The van der Waals surface area contributed by atoms with Gasteiger partial charge >= 0.3 is 0 Å². The lowest BCUT2D eigenvalue weighted by atomic mass is 10.2. The molecule has 0 spiro atoms. The second-order valence-corrected chi connectivity index (χ2v) is 6.89. The number of nitrogens with zero attached hydrogens (tertiary/aromatic N) is 1. The molecule has 4 aromatic rings. The third kappa shape index (κ3) is 4.12. The minimum Gasteiger partial charge on any atom is -0.484 e. The van der Waals surface area contributed by atoms with Crippen molar-refractivity contribution in [3.05, 3.63) is 78.6 Å². The third-order valence-corrected chi connectivity index (χ3v) is 4.98. The minimum absolute atomic E-state index is 0.148. The predicted molar refractivity (Wildman–Crippen MR) is 106 cm³/mol. The zero-order valence-corrected chi connectivity index (χ0v) is 15.0. The number of thiazole rings is 1. The van der Waals surface area contributed by atoms with E-state index in [0.717, 1.165) is 20.8 Å². The maximum Gasteiger partial charge on any atom is 0.262 e. The monoisotopic (exact) mass is 378 g/mol. The van der Waals surface area contributed by atoms with E-state index in [1.165, 1.54) is 24.3 Å². The number of fused-ring (bicyclic) bond motifs is 1. The van der Waals surface area contributed by atoms with E-state index in [1.54, 1.807) is 11.3 Å². The molecule has 0 fully saturated rings. The van der Waals surface area contributed by atoms with Crippen molar-refractivity contribution < 1.29 is 13.9 Å². The average Bonchev–Trinajstić information content (AvgIpc) is 3.12. The summed E-state index contributed by atoms with van der Waals surface area (Å²) in [6.45, 7) is -0.148. The van der Waals surface area contributed by atoms with Gasteiger partial charge in [-0.05, 0) is 60.7 Å². The van der Waals surface area contributed by atoms with Crippen LogP contribution in [0.15, 0.2) is 72.8 Å². The molecule has 6 heteroatoms. The fourth-order valence-corrected chi connectivity index (χ4v) is 3.54. The fourth-order valence-electron chi connectivity index (χ4n) is 2.57. The molecule has 4 nitrogen and oxygen atoms in total. The van der Waals surface area contributed by atoms with Crippen LogP contribution in [-0.4, -0.2) is 17.5 Å². The second kappa shape index (κ2) is 7.55. The molecule has 0 radical (unpaired) electrons. The van der Waals surface area contributed by atoms with E-state index in [4.69, 9.17) is 4.74 Å². The lowest BCUT2D eigenvalue weighted by molar-refractivity contribution is -0.118. The topological polar surface area (TPSA) is 51.2 Å². The number of nitrogens with one attached hydrogen (secondary N) is 1. The highest BCUT2D eigenvalue weighted by Gasteiger charge is 2.07. The Morgan fingerprint density at radius 2 is 1.74 bits per heavy atom. The van der Waals surface area contributed by atoms with Crippen molar-refractivity contribution in [1.82, 2.24) is 4.98 Å². The largest absolute Gasteiger partial charge is 0.484 e. The zero-order valence-electron chi connectivity index (χ0n) is 14.2. The number of carbonyl (C=O) groups is 1. The summed E-state index contributed by atoms with van der Waals surface area (Å²) in [7, 11) is 0. The number of amides is 1. The van der Waals surface area contributed by atoms with E-state index in [1.807, 2.05) is 48.5 Å². The van der Waals surface area contributed by atoms with Gasteiger partial charge in [0.25, 0.3) is 5.91 Å². The highest BCUT2D eigenvalue weighted by molar-refractivity contribution is 7.21. The molecule has 1 amide bonds. The summed E-state index contributed by atoms with van der Waals surface area (Å²) in [5.74, 6) is -0.190. The predicted octanol–water partition coefficient (Wildman–Crippen LogP) is 5.12. The standard InChI is InChI=1S/C21H15FN2O2S/c22-15-7-11-17(12-8-15)26-13-20(25)23-16-9-5-14(6-10-16)21-24-18-3-1-2-4-19(18)27-21/h1-12H,13H2,(H,23,25). The number of para-hydroxylation sites is 1. The van der Waals surface area contributed by atoms with E-state index in [-0.39, 0.29) is 18.3 Å². The number of aromatic nitrogens is 1. The first-order chi connectivity index (χ1) is 13.2. The van der Waals surface area contributed by atoms with E-state index in [9.17, 15) is 9.18 Å². The molecule has 27 heavy (non-hydrogen) atoms. The summed E-state index contributed by atoms with van der Waals surface area (Å²) < 4.78 is 19.3. The van der Waals surface area contributed by atoms with Crippen molar-refractivity contribution in [2.45, 2.75) is 0 Å². The van der Waals surface area contributed by atoms with Crippen LogP contribution in [0.25, 0.3) is 20.8 Å². The minimum atomic E-state index is -0.347. The maximum absolute atomic E-state index is 12.9. The van der Waals surface area contributed by atoms with Gasteiger partial charge in [-0.25, -0.2) is 9.37 Å². The van der Waals surface area contributed by atoms with Gasteiger partial charge in [-0.2, -0.15) is 0 Å². The number of rotatable bonds is 5. The van der Waals surface area contributed by atoms with Gasteiger partial charge in [0.1, 0.15) is 16.6 Å². The van der Waals surface area contributed by atoms with E-state index in [0.29, 0.717) is 11.4 Å². The van der Waals surface area contributed by atoms with Crippen LogP contribution in [0.4, 0.5) is 10.1 Å². The van der Waals surface area contributed by atoms with Crippen LogP contribution < -0.4 is 10.1 Å². The zero-order chi connectivity index (χ0) is 18.6. The van der Waals surface area contributed by atoms with Crippen molar-refractivity contribution in [2.75, 3.05) is 11.9 Å². The number of carbonyl (C=O) groups excluding carboxylic acids is 1. The molecule has 0 unspecified atom stereocenters. The first-order valence-electron chi connectivity index (χ1n) is 8.32. The Morgan fingerprint density at radius 3 is 2.48 bits per heavy atom. The van der Waals surface area contributed by atoms with Crippen molar-refractivity contribution in [2.24, 2.45) is 0 Å². The Labute approximate surface area is 159 Å². The van der Waals surface area contributed by atoms with Crippen LogP contribution in [0.3, 0.4) is 0 Å². The highest BCUT2D eigenvalue weighted by atomic mass is 32.1. The molecule has 0 atom stereocenters. The van der Waals surface area contributed by atoms with Gasteiger partial charge in [-0.3, -0.25) is 4.79 Å². The molecule has 1 aromatic heterocycles. The van der Waals surface area contributed by atoms with Gasteiger partial charge in [0.15, 0.2) is 6.61 Å². The summed E-state index contributed by atoms with van der Waals surface area (Å²) in [4.78, 5) is 16.6. The molecule has 4 rings (SSSR count). The summed E-state index contributed by atoms with van der Waals surface area (Å²) in [5, 5.41) is 3.71. The van der Waals surface area contributed by atoms with Gasteiger partial charge in [0, 0.05) is 11.3 Å². The molecule has 3 aromatic carbocycles. The molecular weight excluding hydrogens is 363 g/mol.